The van der Waals surface area contributed by atoms with E-state index in [4.69, 9.17) is 23.2 Å². The zero-order chi connectivity index (χ0) is 13.1. The van der Waals surface area contributed by atoms with E-state index in [1.807, 2.05) is 13.2 Å². The standard InChI is InChI=1S/C11H13Cl2N5/c1-14-10-8(12)3-9(13)11(17-10)15-4-7-5-16-18(2)6-7/h3,5-6H,4H2,1-2H3,(H2,14,15,17). The molecule has 0 amide bonds. The molecule has 96 valence electrons. The van der Waals surface area contributed by atoms with Crippen molar-refractivity contribution in [1.29, 1.82) is 0 Å². The second-order valence-corrected chi connectivity index (χ2v) is 4.59. The number of aryl methyl sites for hydroxylation is 1. The molecular weight excluding hydrogens is 273 g/mol. The van der Waals surface area contributed by atoms with Gasteiger partial charge in [0.05, 0.1) is 16.2 Å². The zero-order valence-electron chi connectivity index (χ0n) is 10.0. The summed E-state index contributed by atoms with van der Waals surface area (Å²) < 4.78 is 1.74. The maximum atomic E-state index is 6.07. The maximum absolute atomic E-state index is 6.07. The van der Waals surface area contributed by atoms with Crippen molar-refractivity contribution in [2.75, 3.05) is 17.7 Å². The summed E-state index contributed by atoms with van der Waals surface area (Å²) in [6.45, 7) is 0.603. The zero-order valence-corrected chi connectivity index (χ0v) is 11.5. The Morgan fingerprint density at radius 2 is 2.00 bits per heavy atom. The Morgan fingerprint density at radius 3 is 2.61 bits per heavy atom. The van der Waals surface area contributed by atoms with Gasteiger partial charge in [-0.3, -0.25) is 4.68 Å². The highest BCUT2D eigenvalue weighted by molar-refractivity contribution is 6.37. The van der Waals surface area contributed by atoms with Crippen LogP contribution in [0.5, 0.6) is 0 Å². The number of rotatable bonds is 4. The molecule has 0 atom stereocenters. The van der Waals surface area contributed by atoms with Crippen molar-refractivity contribution in [1.82, 2.24) is 14.8 Å². The second-order valence-electron chi connectivity index (χ2n) is 3.78. The molecule has 0 aliphatic heterocycles. The van der Waals surface area contributed by atoms with Gasteiger partial charge in [-0.05, 0) is 6.07 Å². The minimum absolute atomic E-state index is 0.489. The molecule has 0 unspecified atom stereocenters. The van der Waals surface area contributed by atoms with Gasteiger partial charge in [0, 0.05) is 32.4 Å². The molecule has 2 heterocycles. The topological polar surface area (TPSA) is 54.8 Å². The molecule has 2 aromatic heterocycles. The number of hydrogen-bond donors (Lipinski definition) is 2. The van der Waals surface area contributed by atoms with Crippen LogP contribution in [-0.4, -0.2) is 21.8 Å². The van der Waals surface area contributed by atoms with Crippen LogP contribution in [0.3, 0.4) is 0 Å². The highest BCUT2D eigenvalue weighted by Gasteiger charge is 2.08. The van der Waals surface area contributed by atoms with E-state index in [0.29, 0.717) is 28.2 Å². The average molecular weight is 286 g/mol. The van der Waals surface area contributed by atoms with E-state index in [-0.39, 0.29) is 0 Å². The van der Waals surface area contributed by atoms with Crippen LogP contribution in [0.1, 0.15) is 5.56 Å². The minimum Gasteiger partial charge on any atom is -0.372 e. The largest absolute Gasteiger partial charge is 0.372 e. The summed E-state index contributed by atoms with van der Waals surface area (Å²) in [5, 5.41) is 11.1. The van der Waals surface area contributed by atoms with Gasteiger partial charge in [-0.1, -0.05) is 23.2 Å². The quantitative estimate of drug-likeness (QED) is 0.907. The number of nitrogens with one attached hydrogen (secondary N) is 2. The lowest BCUT2D eigenvalue weighted by Gasteiger charge is -2.09. The number of halogens is 2. The molecule has 18 heavy (non-hydrogen) atoms. The number of hydrogen-bond acceptors (Lipinski definition) is 4. The molecule has 0 aromatic carbocycles. The molecule has 0 aliphatic carbocycles. The van der Waals surface area contributed by atoms with Crippen molar-refractivity contribution in [3.8, 4) is 0 Å². The van der Waals surface area contributed by atoms with Gasteiger partial charge < -0.3 is 10.6 Å². The van der Waals surface area contributed by atoms with Crippen molar-refractivity contribution in [2.24, 2.45) is 7.05 Å². The second kappa shape index (κ2) is 5.46. The normalized spacial score (nSPS) is 10.4. The number of nitrogens with zero attached hydrogens (tertiary/aromatic N) is 3. The Morgan fingerprint density at radius 1 is 1.28 bits per heavy atom. The smallest absolute Gasteiger partial charge is 0.147 e. The van der Waals surface area contributed by atoms with Crippen molar-refractivity contribution in [3.63, 3.8) is 0 Å². The van der Waals surface area contributed by atoms with E-state index in [2.05, 4.69) is 20.7 Å². The fraction of sp³-hybridized carbons (Fsp3) is 0.273. The predicted octanol–water partition coefficient (Wildman–Crippen LogP) is 2.78. The van der Waals surface area contributed by atoms with Crippen LogP contribution < -0.4 is 10.6 Å². The van der Waals surface area contributed by atoms with E-state index >= 15 is 0 Å². The lowest BCUT2D eigenvalue weighted by Crippen LogP contribution is -2.03. The summed E-state index contributed by atoms with van der Waals surface area (Å²) in [5.74, 6) is 1.18. The Balaban J connectivity index is 2.13. The Hall–Kier alpha value is -1.46. The summed E-state index contributed by atoms with van der Waals surface area (Å²) in [6, 6.07) is 1.66. The van der Waals surface area contributed by atoms with Crippen LogP contribution in [-0.2, 0) is 13.6 Å². The molecular formula is C11H13Cl2N5. The third-order valence-corrected chi connectivity index (χ3v) is 2.96. The summed E-state index contributed by atoms with van der Waals surface area (Å²) in [4.78, 5) is 4.30. The molecule has 5 nitrogen and oxygen atoms in total. The first-order valence-electron chi connectivity index (χ1n) is 5.35. The van der Waals surface area contributed by atoms with Gasteiger partial charge in [0.1, 0.15) is 11.6 Å². The van der Waals surface area contributed by atoms with Crippen LogP contribution >= 0.6 is 23.2 Å². The van der Waals surface area contributed by atoms with Gasteiger partial charge >= 0.3 is 0 Å². The van der Waals surface area contributed by atoms with Crippen LogP contribution in [0.2, 0.25) is 10.0 Å². The van der Waals surface area contributed by atoms with Gasteiger partial charge in [0.15, 0.2) is 0 Å². The lowest BCUT2D eigenvalue weighted by molar-refractivity contribution is 0.767. The first kappa shape index (κ1) is 13.0. The summed E-state index contributed by atoms with van der Waals surface area (Å²) >= 11 is 12.0. The highest BCUT2D eigenvalue weighted by Crippen LogP contribution is 2.29. The molecule has 0 bridgehead atoms. The predicted molar refractivity (Wildman–Crippen MR) is 74.3 cm³/mol. The van der Waals surface area contributed by atoms with Crippen LogP contribution in [0.15, 0.2) is 18.5 Å². The van der Waals surface area contributed by atoms with Crippen LogP contribution in [0, 0.1) is 0 Å². The minimum atomic E-state index is 0.489. The molecule has 0 spiro atoms. The number of anilines is 2. The SMILES string of the molecule is CNc1nc(NCc2cnn(C)c2)c(Cl)cc1Cl. The number of pyridine rings is 1. The molecule has 7 heteroatoms. The summed E-state index contributed by atoms with van der Waals surface area (Å²) in [5.41, 5.74) is 1.05. The molecule has 2 aromatic rings. The van der Waals surface area contributed by atoms with E-state index in [0.717, 1.165) is 5.56 Å². The van der Waals surface area contributed by atoms with Gasteiger partial charge in [-0.15, -0.1) is 0 Å². The van der Waals surface area contributed by atoms with Gasteiger partial charge in [0.25, 0.3) is 0 Å². The van der Waals surface area contributed by atoms with Crippen LogP contribution in [0.4, 0.5) is 11.6 Å². The summed E-state index contributed by atoms with van der Waals surface area (Å²) in [7, 11) is 3.63. The van der Waals surface area contributed by atoms with Crippen molar-refractivity contribution < 1.29 is 0 Å². The van der Waals surface area contributed by atoms with Gasteiger partial charge in [0.2, 0.25) is 0 Å². The maximum Gasteiger partial charge on any atom is 0.147 e. The molecule has 2 N–H and O–H groups in total. The molecule has 0 radical (unpaired) electrons. The monoisotopic (exact) mass is 285 g/mol. The lowest BCUT2D eigenvalue weighted by atomic mass is 10.3. The van der Waals surface area contributed by atoms with E-state index in [1.165, 1.54) is 0 Å². The third kappa shape index (κ3) is 2.86. The summed E-state index contributed by atoms with van der Waals surface area (Å²) in [6.07, 6.45) is 3.71. The van der Waals surface area contributed by atoms with Crippen molar-refractivity contribution >= 4 is 34.8 Å². The number of aromatic nitrogens is 3. The average Bonchev–Trinajstić information content (AvgIpc) is 2.74. The third-order valence-electron chi connectivity index (χ3n) is 2.38. The fourth-order valence-electron chi connectivity index (χ4n) is 1.51. The van der Waals surface area contributed by atoms with E-state index in [1.54, 1.807) is 24.0 Å². The molecule has 0 saturated carbocycles. The van der Waals surface area contributed by atoms with Gasteiger partial charge in [-0.2, -0.15) is 5.10 Å². The highest BCUT2D eigenvalue weighted by atomic mass is 35.5. The molecule has 0 aliphatic rings. The van der Waals surface area contributed by atoms with Crippen molar-refractivity contribution in [2.45, 2.75) is 6.54 Å². The first-order valence-corrected chi connectivity index (χ1v) is 6.11. The molecule has 0 fully saturated rings. The van der Waals surface area contributed by atoms with Crippen molar-refractivity contribution in [3.05, 3.63) is 34.1 Å². The Bertz CT molecular complexity index is 552. The van der Waals surface area contributed by atoms with E-state index in [9.17, 15) is 0 Å². The first-order chi connectivity index (χ1) is 8.60. The van der Waals surface area contributed by atoms with Gasteiger partial charge in [-0.25, -0.2) is 4.98 Å². The van der Waals surface area contributed by atoms with Crippen LogP contribution in [0.25, 0.3) is 0 Å². The molecule has 2 rings (SSSR count). The fourth-order valence-corrected chi connectivity index (χ4v) is 2.03. The Labute approximate surface area is 115 Å². The molecule has 0 saturated heterocycles. The Kier molecular flexibility index (Phi) is 3.93. The van der Waals surface area contributed by atoms with E-state index < -0.39 is 0 Å².